The average Bonchev–Trinajstić information content (AvgIpc) is 2.32. The third kappa shape index (κ3) is 3.21. The van der Waals surface area contributed by atoms with Gasteiger partial charge < -0.3 is 0 Å². The maximum atomic E-state index is 13.5. The van der Waals surface area contributed by atoms with Crippen molar-refractivity contribution in [1.29, 1.82) is 0 Å². The molecule has 94 valence electrons. The van der Waals surface area contributed by atoms with Crippen LogP contribution in [0, 0.1) is 11.6 Å². The van der Waals surface area contributed by atoms with Crippen molar-refractivity contribution in [3.05, 3.63) is 70.2 Å². The topological polar surface area (TPSA) is 0 Å². The molecule has 0 aliphatic rings. The Morgan fingerprint density at radius 3 is 2.28 bits per heavy atom. The summed E-state index contributed by atoms with van der Waals surface area (Å²) in [6.45, 7) is 0. The molecule has 0 aromatic heterocycles. The lowest BCUT2D eigenvalue weighted by atomic mass is 10.0. The summed E-state index contributed by atoms with van der Waals surface area (Å²) in [5.41, 5.74) is 1.25. The van der Waals surface area contributed by atoms with Gasteiger partial charge in [-0.2, -0.15) is 0 Å². The first-order valence-corrected chi connectivity index (χ1v) is 6.21. The molecule has 1 atom stereocenters. The normalized spacial score (nSPS) is 12.4. The fourth-order valence-electron chi connectivity index (χ4n) is 1.69. The Labute approximate surface area is 114 Å². The summed E-state index contributed by atoms with van der Waals surface area (Å²) >= 11 is 11.9. The van der Waals surface area contributed by atoms with E-state index in [0.29, 0.717) is 17.0 Å². The molecule has 0 N–H and O–H groups in total. The van der Waals surface area contributed by atoms with Crippen LogP contribution in [0.1, 0.15) is 16.5 Å². The van der Waals surface area contributed by atoms with E-state index in [2.05, 4.69) is 0 Å². The molecule has 0 aliphatic carbocycles. The van der Waals surface area contributed by atoms with Gasteiger partial charge in [0, 0.05) is 16.7 Å². The van der Waals surface area contributed by atoms with Gasteiger partial charge in [0.1, 0.15) is 11.6 Å². The second kappa shape index (κ2) is 5.68. The van der Waals surface area contributed by atoms with Crippen LogP contribution >= 0.6 is 23.2 Å². The average molecular weight is 287 g/mol. The minimum atomic E-state index is -0.621. The predicted molar refractivity (Wildman–Crippen MR) is 70.1 cm³/mol. The molecular formula is C14H10Cl2F2. The number of alkyl halides is 1. The van der Waals surface area contributed by atoms with Crippen molar-refractivity contribution in [2.45, 2.75) is 11.8 Å². The summed E-state index contributed by atoms with van der Waals surface area (Å²) in [4.78, 5) is 0. The number of benzene rings is 2. The van der Waals surface area contributed by atoms with Gasteiger partial charge in [-0.3, -0.25) is 0 Å². The highest BCUT2D eigenvalue weighted by atomic mass is 35.5. The van der Waals surface area contributed by atoms with Crippen LogP contribution in [0.3, 0.4) is 0 Å². The first-order valence-electron chi connectivity index (χ1n) is 5.40. The largest absolute Gasteiger partial charge is 0.207 e. The van der Waals surface area contributed by atoms with Crippen molar-refractivity contribution in [3.8, 4) is 0 Å². The zero-order valence-corrected chi connectivity index (χ0v) is 10.8. The summed E-state index contributed by atoms with van der Waals surface area (Å²) in [7, 11) is 0. The molecule has 0 nitrogen and oxygen atoms in total. The van der Waals surface area contributed by atoms with Crippen LogP contribution in [0.5, 0.6) is 0 Å². The third-order valence-electron chi connectivity index (χ3n) is 2.63. The maximum Gasteiger partial charge on any atom is 0.130 e. The smallest absolute Gasteiger partial charge is 0.130 e. The Kier molecular flexibility index (Phi) is 4.20. The van der Waals surface area contributed by atoms with Crippen LogP contribution in [-0.4, -0.2) is 0 Å². The molecule has 2 rings (SSSR count). The first kappa shape index (κ1) is 13.3. The van der Waals surface area contributed by atoms with Crippen molar-refractivity contribution in [2.75, 3.05) is 0 Å². The van der Waals surface area contributed by atoms with E-state index in [1.807, 2.05) is 12.1 Å². The molecule has 2 aromatic rings. The van der Waals surface area contributed by atoms with Gasteiger partial charge in [0.25, 0.3) is 0 Å². The zero-order chi connectivity index (χ0) is 13.1. The van der Waals surface area contributed by atoms with Gasteiger partial charge in [-0.05, 0) is 30.2 Å². The van der Waals surface area contributed by atoms with E-state index in [-0.39, 0.29) is 0 Å². The Hall–Kier alpha value is -1.12. The molecule has 2 aromatic carbocycles. The van der Waals surface area contributed by atoms with Gasteiger partial charge in [-0.25, -0.2) is 8.78 Å². The fraction of sp³-hybridized carbons (Fsp3) is 0.143. The van der Waals surface area contributed by atoms with Gasteiger partial charge in [0.2, 0.25) is 0 Å². The molecule has 1 unspecified atom stereocenters. The highest BCUT2D eigenvalue weighted by molar-refractivity contribution is 6.30. The SMILES string of the molecule is Fc1ccc(C(Cl)Cc2ccc(Cl)cc2)c(F)c1. The molecule has 18 heavy (non-hydrogen) atoms. The molecule has 0 heterocycles. The quantitative estimate of drug-likeness (QED) is 0.685. The van der Waals surface area contributed by atoms with Crippen LogP contribution in [0.15, 0.2) is 42.5 Å². The molecule has 0 fully saturated rings. The van der Waals surface area contributed by atoms with Crippen molar-refractivity contribution < 1.29 is 8.78 Å². The summed E-state index contributed by atoms with van der Waals surface area (Å²) in [5.74, 6) is -1.23. The number of halogens is 4. The van der Waals surface area contributed by atoms with Crippen molar-refractivity contribution in [3.63, 3.8) is 0 Å². The van der Waals surface area contributed by atoms with Crippen LogP contribution in [0.25, 0.3) is 0 Å². The molecule has 0 bridgehead atoms. The van der Waals surface area contributed by atoms with Crippen LogP contribution in [-0.2, 0) is 6.42 Å². The van der Waals surface area contributed by atoms with Gasteiger partial charge in [0.05, 0.1) is 5.38 Å². The van der Waals surface area contributed by atoms with Crippen molar-refractivity contribution in [2.24, 2.45) is 0 Å². The third-order valence-corrected chi connectivity index (χ3v) is 3.27. The Morgan fingerprint density at radius 2 is 1.67 bits per heavy atom. The predicted octanol–water partition coefficient (Wildman–Crippen LogP) is 5.14. The van der Waals surface area contributed by atoms with Gasteiger partial charge in [0.15, 0.2) is 0 Å². The van der Waals surface area contributed by atoms with E-state index in [1.54, 1.807) is 12.1 Å². The summed E-state index contributed by atoms with van der Waals surface area (Å²) in [6.07, 6.45) is 0.460. The number of hydrogen-bond acceptors (Lipinski definition) is 0. The van der Waals surface area contributed by atoms with E-state index in [4.69, 9.17) is 23.2 Å². The summed E-state index contributed by atoms with van der Waals surface area (Å²) in [6, 6.07) is 10.6. The molecule has 0 spiro atoms. The lowest BCUT2D eigenvalue weighted by Crippen LogP contribution is -1.99. The molecule has 0 saturated heterocycles. The molecule has 0 amide bonds. The molecule has 0 aliphatic heterocycles. The molecule has 0 saturated carbocycles. The van der Waals surface area contributed by atoms with E-state index in [0.717, 1.165) is 11.6 Å². The van der Waals surface area contributed by atoms with Crippen molar-refractivity contribution in [1.82, 2.24) is 0 Å². The summed E-state index contributed by atoms with van der Waals surface area (Å²) < 4.78 is 26.3. The highest BCUT2D eigenvalue weighted by Crippen LogP contribution is 2.28. The molecule has 0 radical (unpaired) electrons. The minimum Gasteiger partial charge on any atom is -0.207 e. The van der Waals surface area contributed by atoms with E-state index in [9.17, 15) is 8.78 Å². The minimum absolute atomic E-state index is 0.299. The first-order chi connectivity index (χ1) is 8.56. The van der Waals surface area contributed by atoms with Gasteiger partial charge >= 0.3 is 0 Å². The van der Waals surface area contributed by atoms with E-state index >= 15 is 0 Å². The van der Waals surface area contributed by atoms with Crippen LogP contribution < -0.4 is 0 Å². The fourth-order valence-corrected chi connectivity index (χ4v) is 2.17. The zero-order valence-electron chi connectivity index (χ0n) is 9.34. The number of hydrogen-bond donors (Lipinski definition) is 0. The Morgan fingerprint density at radius 1 is 1.00 bits per heavy atom. The Bertz CT molecular complexity index is 538. The summed E-state index contributed by atoms with van der Waals surface area (Å²) in [5, 5.41) is 0.101. The van der Waals surface area contributed by atoms with E-state index in [1.165, 1.54) is 12.1 Å². The van der Waals surface area contributed by atoms with Crippen LogP contribution in [0.4, 0.5) is 8.78 Å². The monoisotopic (exact) mass is 286 g/mol. The van der Waals surface area contributed by atoms with Crippen LogP contribution in [0.2, 0.25) is 5.02 Å². The Balaban J connectivity index is 2.16. The highest BCUT2D eigenvalue weighted by Gasteiger charge is 2.14. The maximum absolute atomic E-state index is 13.5. The van der Waals surface area contributed by atoms with E-state index < -0.39 is 17.0 Å². The lowest BCUT2D eigenvalue weighted by molar-refractivity contribution is 0.570. The van der Waals surface area contributed by atoms with Gasteiger partial charge in [-0.1, -0.05) is 29.8 Å². The molecule has 4 heteroatoms. The van der Waals surface area contributed by atoms with Crippen molar-refractivity contribution >= 4 is 23.2 Å². The standard InChI is InChI=1S/C14H10Cl2F2/c15-10-3-1-9(2-4-10)7-13(16)12-6-5-11(17)8-14(12)18/h1-6,8,13H,7H2. The number of rotatable bonds is 3. The van der Waals surface area contributed by atoms with Gasteiger partial charge in [-0.15, -0.1) is 11.6 Å². The molecular weight excluding hydrogens is 277 g/mol. The second-order valence-corrected chi connectivity index (χ2v) is 4.93. The second-order valence-electron chi connectivity index (χ2n) is 3.96. The lowest BCUT2D eigenvalue weighted by Gasteiger charge is -2.11.